The highest BCUT2D eigenvalue weighted by Gasteiger charge is 2.10. The molecule has 3 rings (SSSR count). The van der Waals surface area contributed by atoms with Crippen LogP contribution in [0.25, 0.3) is 0 Å². The fourth-order valence-corrected chi connectivity index (χ4v) is 2.41. The van der Waals surface area contributed by atoms with E-state index in [4.69, 9.17) is 4.74 Å². The molecular formula is C20H20N4O2. The molecule has 26 heavy (non-hydrogen) atoms. The lowest BCUT2D eigenvalue weighted by Crippen LogP contribution is -2.15. The van der Waals surface area contributed by atoms with E-state index in [1.54, 1.807) is 13.2 Å². The van der Waals surface area contributed by atoms with Crippen molar-refractivity contribution in [3.05, 3.63) is 77.7 Å². The van der Waals surface area contributed by atoms with Gasteiger partial charge in [0.05, 0.1) is 7.11 Å². The normalized spacial score (nSPS) is 10.2. The summed E-state index contributed by atoms with van der Waals surface area (Å²) in [4.78, 5) is 20.7. The van der Waals surface area contributed by atoms with Gasteiger partial charge in [-0.15, -0.1) is 0 Å². The maximum absolute atomic E-state index is 12.4. The Morgan fingerprint density at radius 3 is 2.58 bits per heavy atom. The van der Waals surface area contributed by atoms with Gasteiger partial charge in [0, 0.05) is 18.3 Å². The van der Waals surface area contributed by atoms with Crippen LogP contribution in [0.2, 0.25) is 0 Å². The molecule has 1 amide bonds. The fraction of sp³-hybridized carbons (Fsp3) is 0.150. The van der Waals surface area contributed by atoms with E-state index >= 15 is 0 Å². The van der Waals surface area contributed by atoms with Crippen molar-refractivity contribution in [2.24, 2.45) is 0 Å². The van der Waals surface area contributed by atoms with Crippen LogP contribution in [0.1, 0.15) is 21.6 Å². The quantitative estimate of drug-likeness (QED) is 0.711. The molecule has 0 fully saturated rings. The van der Waals surface area contributed by atoms with E-state index in [-0.39, 0.29) is 5.91 Å². The van der Waals surface area contributed by atoms with Gasteiger partial charge in [-0.3, -0.25) is 4.79 Å². The summed E-state index contributed by atoms with van der Waals surface area (Å²) in [6.45, 7) is 2.53. The van der Waals surface area contributed by atoms with Crippen LogP contribution in [0.5, 0.6) is 5.75 Å². The van der Waals surface area contributed by atoms with Gasteiger partial charge in [0.2, 0.25) is 0 Å². The molecule has 0 aliphatic heterocycles. The summed E-state index contributed by atoms with van der Waals surface area (Å²) in [6.07, 6.45) is 1.38. The third-order valence-corrected chi connectivity index (χ3v) is 3.93. The summed E-state index contributed by atoms with van der Waals surface area (Å²) in [5.74, 6) is 1.13. The molecule has 132 valence electrons. The number of aromatic nitrogens is 2. The molecule has 1 heterocycles. The van der Waals surface area contributed by atoms with E-state index in [2.05, 4.69) is 20.6 Å². The Morgan fingerprint density at radius 1 is 1.08 bits per heavy atom. The summed E-state index contributed by atoms with van der Waals surface area (Å²) < 4.78 is 5.15. The lowest BCUT2D eigenvalue weighted by molar-refractivity contribution is 0.102. The van der Waals surface area contributed by atoms with Crippen LogP contribution in [-0.2, 0) is 6.54 Å². The Balaban J connectivity index is 1.65. The maximum Gasteiger partial charge on any atom is 0.274 e. The zero-order chi connectivity index (χ0) is 18.4. The molecule has 0 saturated heterocycles. The number of nitrogens with one attached hydrogen (secondary N) is 2. The van der Waals surface area contributed by atoms with E-state index in [0.29, 0.717) is 18.1 Å². The second kappa shape index (κ2) is 8.11. The van der Waals surface area contributed by atoms with Crippen LogP contribution in [0.4, 0.5) is 11.5 Å². The van der Waals surface area contributed by atoms with Gasteiger partial charge in [-0.1, -0.05) is 30.3 Å². The van der Waals surface area contributed by atoms with E-state index < -0.39 is 0 Å². The Morgan fingerprint density at radius 2 is 1.85 bits per heavy atom. The first-order valence-electron chi connectivity index (χ1n) is 8.21. The SMILES string of the molecule is COc1ccc(CNc2cc(C(=O)Nc3ccccc3C)ncn2)cc1. The highest BCUT2D eigenvalue weighted by molar-refractivity contribution is 6.03. The van der Waals surface area contributed by atoms with Crippen molar-refractivity contribution in [3.63, 3.8) is 0 Å². The number of hydrogen-bond acceptors (Lipinski definition) is 5. The molecule has 0 unspecified atom stereocenters. The number of nitrogens with zero attached hydrogens (tertiary/aromatic N) is 2. The number of methoxy groups -OCH3 is 1. The van der Waals surface area contributed by atoms with Crippen molar-refractivity contribution in [3.8, 4) is 5.75 Å². The molecule has 0 aliphatic rings. The Hall–Kier alpha value is -3.41. The average molecular weight is 348 g/mol. The molecular weight excluding hydrogens is 328 g/mol. The van der Waals surface area contributed by atoms with Gasteiger partial charge in [0.25, 0.3) is 5.91 Å². The summed E-state index contributed by atoms with van der Waals surface area (Å²) >= 11 is 0. The summed E-state index contributed by atoms with van der Waals surface area (Å²) in [5, 5.41) is 6.07. The summed E-state index contributed by atoms with van der Waals surface area (Å²) in [6, 6.07) is 17.0. The smallest absolute Gasteiger partial charge is 0.274 e. The fourth-order valence-electron chi connectivity index (χ4n) is 2.41. The van der Waals surface area contributed by atoms with Crippen LogP contribution < -0.4 is 15.4 Å². The van der Waals surface area contributed by atoms with Crippen molar-refractivity contribution < 1.29 is 9.53 Å². The topological polar surface area (TPSA) is 76.1 Å². The molecule has 0 saturated carbocycles. The van der Waals surface area contributed by atoms with Crippen LogP contribution in [0, 0.1) is 6.92 Å². The number of rotatable bonds is 6. The van der Waals surface area contributed by atoms with Gasteiger partial charge >= 0.3 is 0 Å². The van der Waals surface area contributed by atoms with Crippen molar-refractivity contribution >= 4 is 17.4 Å². The molecule has 0 bridgehead atoms. The summed E-state index contributed by atoms with van der Waals surface area (Å²) in [7, 11) is 1.64. The average Bonchev–Trinajstić information content (AvgIpc) is 2.69. The van der Waals surface area contributed by atoms with Gasteiger partial charge in [-0.05, 0) is 36.2 Å². The number of amides is 1. The Labute approximate surface area is 152 Å². The zero-order valence-corrected chi connectivity index (χ0v) is 14.7. The second-order valence-corrected chi connectivity index (χ2v) is 5.76. The molecule has 0 spiro atoms. The highest BCUT2D eigenvalue weighted by Crippen LogP contribution is 2.16. The number of carbonyl (C=O) groups is 1. The maximum atomic E-state index is 12.4. The number of carbonyl (C=O) groups excluding carboxylic acids is 1. The minimum absolute atomic E-state index is 0.269. The Bertz CT molecular complexity index is 894. The van der Waals surface area contributed by atoms with E-state index in [9.17, 15) is 4.79 Å². The lowest BCUT2D eigenvalue weighted by atomic mass is 10.2. The van der Waals surface area contributed by atoms with Crippen molar-refractivity contribution in [2.75, 3.05) is 17.7 Å². The minimum Gasteiger partial charge on any atom is -0.497 e. The van der Waals surface area contributed by atoms with Crippen LogP contribution in [0.15, 0.2) is 60.9 Å². The van der Waals surface area contributed by atoms with Gasteiger partial charge in [-0.25, -0.2) is 9.97 Å². The summed E-state index contributed by atoms with van der Waals surface area (Å²) in [5.41, 5.74) is 3.15. The Kier molecular flexibility index (Phi) is 5.43. The van der Waals surface area contributed by atoms with Crippen molar-refractivity contribution in [1.29, 1.82) is 0 Å². The predicted molar refractivity (Wildman–Crippen MR) is 101 cm³/mol. The molecule has 2 N–H and O–H groups in total. The standard InChI is InChI=1S/C20H20N4O2/c1-14-5-3-4-6-17(14)24-20(25)18-11-19(23-13-22-18)21-12-15-7-9-16(26-2)10-8-15/h3-11,13H,12H2,1-2H3,(H,24,25)(H,21,22,23). The molecule has 2 aromatic carbocycles. The van der Waals surface area contributed by atoms with Gasteiger partial charge in [0.15, 0.2) is 0 Å². The molecule has 0 aliphatic carbocycles. The predicted octanol–water partition coefficient (Wildman–Crippen LogP) is 3.66. The largest absolute Gasteiger partial charge is 0.497 e. The number of para-hydroxylation sites is 1. The number of aryl methyl sites for hydroxylation is 1. The highest BCUT2D eigenvalue weighted by atomic mass is 16.5. The van der Waals surface area contributed by atoms with Crippen molar-refractivity contribution in [2.45, 2.75) is 13.5 Å². The van der Waals surface area contributed by atoms with Crippen LogP contribution in [-0.4, -0.2) is 23.0 Å². The van der Waals surface area contributed by atoms with Gasteiger partial charge in [0.1, 0.15) is 23.6 Å². The lowest BCUT2D eigenvalue weighted by Gasteiger charge is -2.09. The van der Waals surface area contributed by atoms with Crippen molar-refractivity contribution in [1.82, 2.24) is 9.97 Å². The molecule has 0 atom stereocenters. The number of hydrogen-bond donors (Lipinski definition) is 2. The molecule has 3 aromatic rings. The van der Waals surface area contributed by atoms with E-state index in [0.717, 1.165) is 22.6 Å². The minimum atomic E-state index is -0.269. The molecule has 0 radical (unpaired) electrons. The number of benzene rings is 2. The first-order chi connectivity index (χ1) is 12.7. The van der Waals surface area contributed by atoms with Crippen LogP contribution >= 0.6 is 0 Å². The van der Waals surface area contributed by atoms with E-state index in [1.165, 1.54) is 6.33 Å². The first-order valence-corrected chi connectivity index (χ1v) is 8.21. The van der Waals surface area contributed by atoms with E-state index in [1.807, 2.05) is 55.5 Å². The van der Waals surface area contributed by atoms with Gasteiger partial charge in [-0.2, -0.15) is 0 Å². The van der Waals surface area contributed by atoms with Gasteiger partial charge < -0.3 is 15.4 Å². The second-order valence-electron chi connectivity index (χ2n) is 5.76. The number of anilines is 2. The zero-order valence-electron chi connectivity index (χ0n) is 14.7. The molecule has 1 aromatic heterocycles. The third kappa shape index (κ3) is 4.36. The third-order valence-electron chi connectivity index (χ3n) is 3.93. The van der Waals surface area contributed by atoms with Crippen LogP contribution in [0.3, 0.4) is 0 Å². The number of ether oxygens (including phenoxy) is 1. The first kappa shape index (κ1) is 17.4. The molecule has 6 heteroatoms. The monoisotopic (exact) mass is 348 g/mol. The molecule has 6 nitrogen and oxygen atoms in total.